The molecule has 1 saturated carbocycles. The summed E-state index contributed by atoms with van der Waals surface area (Å²) in [5.74, 6) is -1.84. The van der Waals surface area contributed by atoms with Gasteiger partial charge in [0.2, 0.25) is 11.5 Å². The molecule has 5 heterocycles. The molecule has 19 heteroatoms. The lowest BCUT2D eigenvalue weighted by atomic mass is 10.0. The van der Waals surface area contributed by atoms with Crippen LogP contribution in [0, 0.1) is 0 Å². The fourth-order valence-corrected chi connectivity index (χ4v) is 7.28. The zero-order valence-corrected chi connectivity index (χ0v) is 23.0. The van der Waals surface area contributed by atoms with Crippen molar-refractivity contribution >= 4 is 69.3 Å². The van der Waals surface area contributed by atoms with E-state index in [1.54, 1.807) is 12.1 Å². The Morgan fingerprint density at radius 3 is 2.88 bits per heavy atom. The largest absolute Gasteiger partial charge is 0.477 e. The van der Waals surface area contributed by atoms with Crippen molar-refractivity contribution < 1.29 is 24.3 Å². The Labute approximate surface area is 237 Å². The summed E-state index contributed by atoms with van der Waals surface area (Å²) in [5.41, 5.74) is 6.46. The first-order chi connectivity index (χ1) is 19.4. The Morgan fingerprint density at radius 2 is 2.12 bits per heavy atom. The molecule has 16 nitrogen and oxygen atoms in total. The minimum atomic E-state index is -1.22. The number of carboxylic acids is 1. The van der Waals surface area contributed by atoms with E-state index in [-0.39, 0.29) is 34.2 Å². The molecule has 3 aliphatic rings. The normalized spacial score (nSPS) is 21.4. The van der Waals surface area contributed by atoms with Crippen LogP contribution in [0.4, 0.5) is 5.13 Å². The molecule has 1 aliphatic carbocycles. The van der Waals surface area contributed by atoms with Gasteiger partial charge in [0.05, 0.1) is 0 Å². The fraction of sp³-hybridized carbons (Fsp3) is 0.429. The number of nitrogens with one attached hydrogen (secondary N) is 1. The highest BCUT2D eigenvalue weighted by Gasteiger charge is 2.54. The number of amides is 2. The molecule has 2 atom stereocenters. The number of aliphatic carboxylic acids is 1. The Hall–Kier alpha value is -3.84. The maximum atomic E-state index is 13.2. The summed E-state index contributed by atoms with van der Waals surface area (Å²) in [4.78, 5) is 49.4. The number of anilines is 1. The third-order valence-electron chi connectivity index (χ3n) is 6.44. The number of carbonyl (C=O) groups excluding carboxylic acids is 2. The fourth-order valence-electron chi connectivity index (χ4n) is 4.51. The number of tetrazole rings is 1. The lowest BCUT2D eigenvalue weighted by Gasteiger charge is -2.49. The predicted molar refractivity (Wildman–Crippen MR) is 143 cm³/mol. The van der Waals surface area contributed by atoms with Crippen LogP contribution in [-0.4, -0.2) is 97.1 Å². The van der Waals surface area contributed by atoms with Crippen LogP contribution < -0.4 is 11.1 Å². The third kappa shape index (κ3) is 5.06. The number of fused-ring (bicyclic) bond motifs is 2. The van der Waals surface area contributed by atoms with Crippen LogP contribution in [0.2, 0.25) is 0 Å². The van der Waals surface area contributed by atoms with Gasteiger partial charge in [-0.3, -0.25) is 14.5 Å². The number of β-lactam (4-membered cyclic amide) rings is 1. The molecule has 3 aromatic rings. The van der Waals surface area contributed by atoms with E-state index < -0.39 is 29.2 Å². The summed E-state index contributed by atoms with van der Waals surface area (Å²) in [6, 6.07) is 2.47. The predicted octanol–water partition coefficient (Wildman–Crippen LogP) is 0.147. The first-order valence-corrected chi connectivity index (χ1v) is 14.9. The van der Waals surface area contributed by atoms with Crippen LogP contribution in [-0.2, 0) is 19.2 Å². The van der Waals surface area contributed by atoms with Crippen molar-refractivity contribution in [2.45, 2.75) is 48.2 Å². The van der Waals surface area contributed by atoms with E-state index in [1.807, 2.05) is 0 Å². The first-order valence-electron chi connectivity index (χ1n) is 12.1. The second kappa shape index (κ2) is 11.0. The number of carboxylic acid groups (broad SMARTS) is 1. The summed E-state index contributed by atoms with van der Waals surface area (Å²) in [5, 5.41) is 32.2. The van der Waals surface area contributed by atoms with E-state index in [0.717, 1.165) is 37.2 Å². The number of carbonyl (C=O) groups is 3. The Bertz CT molecular complexity index is 1550. The SMILES string of the molecule is Nc1nc(C(=NOC2CCCC2)C(=O)NC2C(=O)N3C(C(=O)O)=C(CSc4ccc5nnnn5n4)CS[C@@H]23)ns1. The maximum Gasteiger partial charge on any atom is 0.352 e. The second-order valence-corrected chi connectivity index (χ2v) is 11.9. The van der Waals surface area contributed by atoms with Gasteiger partial charge in [-0.15, -0.1) is 38.4 Å². The number of hydrogen-bond acceptors (Lipinski definition) is 15. The monoisotopic (exact) mass is 603 g/mol. The molecule has 2 fully saturated rings. The summed E-state index contributed by atoms with van der Waals surface area (Å²) >= 11 is 3.57. The Balaban J connectivity index is 1.16. The number of oxime groups is 1. The van der Waals surface area contributed by atoms with Gasteiger partial charge in [0.25, 0.3) is 11.8 Å². The lowest BCUT2D eigenvalue weighted by molar-refractivity contribution is -0.150. The standard InChI is InChI=1S/C21H21N11O5S3/c22-21-24-16(28-40-21)13(27-37-10-3-1-2-4-10)17(33)23-14-18(34)31-15(20(35)36)9(8-39-19(14)31)7-38-12-6-5-11-25-29-30-32(11)26-12/h5-6,10,14,19H,1-4,7-8H2,(H,23,33)(H,35,36)(H2,22,24,28)/t14?,19-/m0/s1. The van der Waals surface area contributed by atoms with Crippen LogP contribution >= 0.6 is 35.1 Å². The van der Waals surface area contributed by atoms with Gasteiger partial charge in [0.1, 0.15) is 28.2 Å². The van der Waals surface area contributed by atoms with Gasteiger partial charge in [-0.05, 0) is 53.8 Å². The molecule has 6 rings (SSSR count). The molecule has 0 spiro atoms. The van der Waals surface area contributed by atoms with Gasteiger partial charge in [0, 0.05) is 23.0 Å². The molecule has 208 valence electrons. The van der Waals surface area contributed by atoms with Crippen molar-refractivity contribution in [2.75, 3.05) is 17.2 Å². The second-order valence-electron chi connectivity index (χ2n) is 9.01. The molecular formula is C21H21N11O5S3. The van der Waals surface area contributed by atoms with Gasteiger partial charge in [-0.25, -0.2) is 4.79 Å². The number of thioether (sulfide) groups is 2. The van der Waals surface area contributed by atoms with Gasteiger partial charge >= 0.3 is 5.97 Å². The molecule has 0 aromatic carbocycles. The topological polar surface area (TPSA) is 216 Å². The van der Waals surface area contributed by atoms with Crippen LogP contribution in [0.1, 0.15) is 31.5 Å². The average molecular weight is 604 g/mol. The van der Waals surface area contributed by atoms with Gasteiger partial charge < -0.3 is 21.0 Å². The van der Waals surface area contributed by atoms with Crippen molar-refractivity contribution in [1.29, 1.82) is 0 Å². The van der Waals surface area contributed by atoms with Crippen LogP contribution in [0.15, 0.2) is 33.6 Å². The van der Waals surface area contributed by atoms with E-state index >= 15 is 0 Å². The molecule has 2 amide bonds. The Kier molecular flexibility index (Phi) is 7.24. The molecule has 1 unspecified atom stereocenters. The number of aromatic nitrogens is 7. The van der Waals surface area contributed by atoms with Gasteiger partial charge in [0.15, 0.2) is 10.8 Å². The van der Waals surface area contributed by atoms with E-state index in [2.05, 4.69) is 40.5 Å². The molecule has 4 N–H and O–H groups in total. The highest BCUT2D eigenvalue weighted by atomic mass is 32.2. The molecule has 0 radical (unpaired) electrons. The van der Waals surface area contributed by atoms with E-state index in [0.29, 0.717) is 22.0 Å². The number of rotatable bonds is 9. The Morgan fingerprint density at radius 1 is 1.30 bits per heavy atom. The van der Waals surface area contributed by atoms with E-state index in [4.69, 9.17) is 10.6 Å². The summed E-state index contributed by atoms with van der Waals surface area (Å²) < 4.78 is 5.34. The molecule has 2 aliphatic heterocycles. The zero-order valence-electron chi connectivity index (χ0n) is 20.5. The van der Waals surface area contributed by atoms with Crippen molar-refractivity contribution in [2.24, 2.45) is 5.16 Å². The maximum absolute atomic E-state index is 13.2. The molecule has 3 aromatic heterocycles. The van der Waals surface area contributed by atoms with E-state index in [9.17, 15) is 19.5 Å². The quantitative estimate of drug-likeness (QED) is 0.128. The minimum absolute atomic E-state index is 0.00294. The molecule has 0 bridgehead atoms. The number of nitrogen functional groups attached to an aromatic ring is 1. The molecule has 40 heavy (non-hydrogen) atoms. The molecule has 1 saturated heterocycles. The van der Waals surface area contributed by atoms with Crippen molar-refractivity contribution in [3.05, 3.63) is 29.2 Å². The van der Waals surface area contributed by atoms with Gasteiger partial charge in [-0.2, -0.15) is 9.36 Å². The van der Waals surface area contributed by atoms with E-state index in [1.165, 1.54) is 33.1 Å². The first kappa shape index (κ1) is 26.4. The lowest BCUT2D eigenvalue weighted by Crippen LogP contribution is -2.71. The van der Waals surface area contributed by atoms with Crippen molar-refractivity contribution in [3.63, 3.8) is 0 Å². The highest BCUT2D eigenvalue weighted by Crippen LogP contribution is 2.41. The summed E-state index contributed by atoms with van der Waals surface area (Å²) in [6.45, 7) is 0. The number of hydrogen-bond donors (Lipinski definition) is 3. The van der Waals surface area contributed by atoms with Crippen LogP contribution in [0.25, 0.3) is 5.65 Å². The minimum Gasteiger partial charge on any atom is -0.477 e. The third-order valence-corrected chi connectivity index (χ3v) is 9.33. The number of nitrogens with two attached hydrogens (primary N) is 1. The highest BCUT2D eigenvalue weighted by molar-refractivity contribution is 8.01. The molecular weight excluding hydrogens is 583 g/mol. The van der Waals surface area contributed by atoms with Crippen LogP contribution in [0.5, 0.6) is 0 Å². The van der Waals surface area contributed by atoms with Gasteiger partial charge in [-0.1, -0.05) is 5.16 Å². The smallest absolute Gasteiger partial charge is 0.352 e. The summed E-state index contributed by atoms with van der Waals surface area (Å²) in [6.07, 6.45) is 3.57. The van der Waals surface area contributed by atoms with Crippen LogP contribution in [0.3, 0.4) is 0 Å². The summed E-state index contributed by atoms with van der Waals surface area (Å²) in [7, 11) is 0. The van der Waals surface area contributed by atoms with Crippen molar-refractivity contribution in [3.8, 4) is 0 Å². The van der Waals surface area contributed by atoms with Crippen molar-refractivity contribution in [1.82, 2.24) is 44.8 Å². The zero-order chi connectivity index (χ0) is 27.8. The average Bonchev–Trinajstić information content (AvgIpc) is 3.72. The number of nitrogens with zero attached hydrogens (tertiary/aromatic N) is 9.